The molecule has 0 aliphatic carbocycles. The van der Waals surface area contributed by atoms with Crippen molar-refractivity contribution in [2.45, 2.75) is 0 Å². The third kappa shape index (κ3) is 3.84. The number of thiophene rings is 1. The molecule has 0 atom stereocenters. The van der Waals surface area contributed by atoms with E-state index in [9.17, 15) is 0 Å². The summed E-state index contributed by atoms with van der Waals surface area (Å²) in [5, 5.41) is 7.52. The Balaban J connectivity index is 1.31. The summed E-state index contributed by atoms with van der Waals surface area (Å²) in [6, 6.07) is 54.1. The maximum atomic E-state index is 5.37. The lowest BCUT2D eigenvalue weighted by atomic mass is 10.0. The van der Waals surface area contributed by atoms with Crippen LogP contribution in [0.2, 0.25) is 0 Å². The van der Waals surface area contributed by atoms with Crippen molar-refractivity contribution in [3.63, 3.8) is 0 Å². The van der Waals surface area contributed by atoms with Gasteiger partial charge in [0.1, 0.15) is 5.69 Å². The van der Waals surface area contributed by atoms with Crippen LogP contribution in [0.3, 0.4) is 0 Å². The fourth-order valence-electron chi connectivity index (χ4n) is 6.97. The van der Waals surface area contributed by atoms with Crippen LogP contribution in [0, 0.1) is 0 Å². The second kappa shape index (κ2) is 9.83. The molecule has 214 valence electrons. The van der Waals surface area contributed by atoms with Gasteiger partial charge in [-0.25, -0.2) is 9.97 Å². The molecule has 3 aromatic heterocycles. The molecule has 4 heteroatoms. The number of hydrogen-bond donors (Lipinski definition) is 0. The summed E-state index contributed by atoms with van der Waals surface area (Å²) in [6.45, 7) is 0. The van der Waals surface area contributed by atoms with Crippen LogP contribution in [0.4, 0.5) is 0 Å². The Bertz CT molecular complexity index is 2810. The third-order valence-corrected chi connectivity index (χ3v) is 10.3. The van der Waals surface area contributed by atoms with Crippen LogP contribution in [0.15, 0.2) is 152 Å². The van der Waals surface area contributed by atoms with E-state index in [0.29, 0.717) is 0 Å². The topological polar surface area (TPSA) is 30.7 Å². The molecular weight excluding hydrogens is 579 g/mol. The maximum Gasteiger partial charge on any atom is 0.165 e. The molecule has 3 nitrogen and oxygen atoms in total. The Labute approximate surface area is 268 Å². The minimum absolute atomic E-state index is 0.833. The van der Waals surface area contributed by atoms with Crippen LogP contribution in [0.5, 0.6) is 0 Å². The predicted octanol–water partition coefficient (Wildman–Crippen LogP) is 11.6. The zero-order valence-corrected chi connectivity index (χ0v) is 25.5. The minimum Gasteiger partial charge on any atom is -0.292 e. The summed E-state index contributed by atoms with van der Waals surface area (Å²) >= 11 is 1.87. The van der Waals surface area contributed by atoms with Gasteiger partial charge in [-0.1, -0.05) is 103 Å². The normalized spacial score (nSPS) is 11.9. The predicted molar refractivity (Wildman–Crippen MR) is 195 cm³/mol. The first-order valence-electron chi connectivity index (χ1n) is 15.5. The Morgan fingerprint density at radius 2 is 1.07 bits per heavy atom. The highest BCUT2D eigenvalue weighted by Crippen LogP contribution is 2.43. The average molecular weight is 604 g/mol. The van der Waals surface area contributed by atoms with E-state index in [-0.39, 0.29) is 0 Å². The highest BCUT2D eigenvalue weighted by Gasteiger charge is 2.21. The molecule has 0 unspecified atom stereocenters. The molecule has 0 aliphatic rings. The van der Waals surface area contributed by atoms with Crippen LogP contribution >= 0.6 is 11.3 Å². The molecule has 10 rings (SSSR count). The SMILES string of the molecule is c1ccc(-c2cccc(-c3nc4ccccc4nc3-n3c4ccccc4c4cc5sc6cc7ccccc7cc6c5cc43)c2)cc1. The van der Waals surface area contributed by atoms with E-state index in [4.69, 9.17) is 9.97 Å². The van der Waals surface area contributed by atoms with Crippen LogP contribution in [0.25, 0.3) is 92.0 Å². The summed E-state index contributed by atoms with van der Waals surface area (Å²) in [7, 11) is 0. The van der Waals surface area contributed by atoms with E-state index < -0.39 is 0 Å². The van der Waals surface area contributed by atoms with Crippen molar-refractivity contribution in [1.82, 2.24) is 14.5 Å². The van der Waals surface area contributed by atoms with Crippen LogP contribution in [0.1, 0.15) is 0 Å². The van der Waals surface area contributed by atoms with Crippen LogP contribution in [-0.2, 0) is 0 Å². The summed E-state index contributed by atoms with van der Waals surface area (Å²) in [4.78, 5) is 10.7. The molecule has 0 saturated carbocycles. The monoisotopic (exact) mass is 603 g/mol. The molecule has 0 bridgehead atoms. The molecule has 0 aliphatic heterocycles. The van der Waals surface area contributed by atoms with E-state index >= 15 is 0 Å². The molecule has 10 aromatic rings. The summed E-state index contributed by atoms with van der Waals surface area (Å²) < 4.78 is 4.93. The molecule has 0 spiro atoms. The fraction of sp³-hybridized carbons (Fsp3) is 0. The van der Waals surface area contributed by atoms with E-state index in [2.05, 4.69) is 138 Å². The molecule has 46 heavy (non-hydrogen) atoms. The number of rotatable bonds is 3. The molecule has 0 fully saturated rings. The first kappa shape index (κ1) is 25.5. The highest BCUT2D eigenvalue weighted by molar-refractivity contribution is 7.26. The van der Waals surface area contributed by atoms with E-state index in [0.717, 1.165) is 44.7 Å². The number of hydrogen-bond acceptors (Lipinski definition) is 3. The third-order valence-electron chi connectivity index (χ3n) is 9.14. The van der Waals surface area contributed by atoms with Crippen molar-refractivity contribution in [3.05, 3.63) is 152 Å². The maximum absolute atomic E-state index is 5.37. The second-order valence-corrected chi connectivity index (χ2v) is 12.9. The zero-order valence-electron chi connectivity index (χ0n) is 24.7. The first-order chi connectivity index (χ1) is 22.8. The quantitative estimate of drug-likeness (QED) is 0.201. The van der Waals surface area contributed by atoms with Gasteiger partial charge in [-0.05, 0) is 70.4 Å². The zero-order chi connectivity index (χ0) is 30.2. The van der Waals surface area contributed by atoms with Crippen LogP contribution in [-0.4, -0.2) is 14.5 Å². The van der Waals surface area contributed by atoms with Crippen molar-refractivity contribution in [1.29, 1.82) is 0 Å². The number of nitrogens with zero attached hydrogens (tertiary/aromatic N) is 3. The smallest absolute Gasteiger partial charge is 0.165 e. The Morgan fingerprint density at radius 3 is 1.93 bits per heavy atom. The lowest BCUT2D eigenvalue weighted by Crippen LogP contribution is -2.03. The second-order valence-electron chi connectivity index (χ2n) is 11.8. The lowest BCUT2D eigenvalue weighted by molar-refractivity contribution is 1.08. The summed E-state index contributed by atoms with van der Waals surface area (Å²) in [5.74, 6) is 0.833. The number of aromatic nitrogens is 3. The standard InChI is InChI=1S/C42H25N3S/c1-2-11-26(12-3-1)27-15-10-16-30(21-27)41-42(44-36-19-8-7-18-35(36)43-41)45-37-20-9-6-17-31(37)32-25-40-34(24-38(32)45)33-22-28-13-4-5-14-29(28)23-39(33)46-40/h1-25H. The van der Waals surface area contributed by atoms with Crippen molar-refractivity contribution in [2.24, 2.45) is 0 Å². The molecule has 0 N–H and O–H groups in total. The Morgan fingerprint density at radius 1 is 0.413 bits per heavy atom. The van der Waals surface area contributed by atoms with E-state index in [1.807, 2.05) is 29.5 Å². The van der Waals surface area contributed by atoms with Crippen molar-refractivity contribution in [3.8, 4) is 28.2 Å². The molecule has 7 aromatic carbocycles. The number of para-hydroxylation sites is 3. The number of fused-ring (bicyclic) bond motifs is 8. The fourth-order valence-corrected chi connectivity index (χ4v) is 8.13. The summed E-state index contributed by atoms with van der Waals surface area (Å²) in [5.41, 5.74) is 8.23. The van der Waals surface area contributed by atoms with Gasteiger partial charge < -0.3 is 0 Å². The van der Waals surface area contributed by atoms with Gasteiger partial charge in [0, 0.05) is 36.5 Å². The van der Waals surface area contributed by atoms with Gasteiger partial charge in [-0.15, -0.1) is 11.3 Å². The summed E-state index contributed by atoms with van der Waals surface area (Å²) in [6.07, 6.45) is 0. The molecule has 3 heterocycles. The van der Waals surface area contributed by atoms with Crippen molar-refractivity contribution < 1.29 is 0 Å². The average Bonchev–Trinajstić information content (AvgIpc) is 3.63. The lowest BCUT2D eigenvalue weighted by Gasteiger charge is -2.14. The van der Waals surface area contributed by atoms with Gasteiger partial charge in [0.25, 0.3) is 0 Å². The molecule has 0 radical (unpaired) electrons. The molecular formula is C42H25N3S. The highest BCUT2D eigenvalue weighted by atomic mass is 32.1. The van der Waals surface area contributed by atoms with E-state index in [1.165, 1.54) is 47.3 Å². The number of benzene rings is 7. The van der Waals surface area contributed by atoms with Crippen molar-refractivity contribution in [2.75, 3.05) is 0 Å². The Hall–Kier alpha value is -5.84. The largest absolute Gasteiger partial charge is 0.292 e. The molecule has 0 amide bonds. The van der Waals surface area contributed by atoms with E-state index in [1.54, 1.807) is 0 Å². The molecule has 0 saturated heterocycles. The van der Waals surface area contributed by atoms with Gasteiger partial charge in [0.05, 0.1) is 22.1 Å². The Kier molecular flexibility index (Phi) is 5.45. The van der Waals surface area contributed by atoms with Gasteiger partial charge in [0.2, 0.25) is 0 Å². The van der Waals surface area contributed by atoms with Gasteiger partial charge in [0.15, 0.2) is 5.82 Å². The van der Waals surface area contributed by atoms with Crippen molar-refractivity contribution >= 4 is 75.1 Å². The van der Waals surface area contributed by atoms with Gasteiger partial charge in [-0.3, -0.25) is 4.57 Å². The minimum atomic E-state index is 0.833. The van der Waals surface area contributed by atoms with Gasteiger partial charge in [-0.2, -0.15) is 0 Å². The first-order valence-corrected chi connectivity index (χ1v) is 16.3. The van der Waals surface area contributed by atoms with Crippen LogP contribution < -0.4 is 0 Å². The van der Waals surface area contributed by atoms with Gasteiger partial charge >= 0.3 is 0 Å².